The number of hydrogen-bond acceptors (Lipinski definition) is 5. The summed E-state index contributed by atoms with van der Waals surface area (Å²) in [6.45, 7) is 6.02. The molecule has 1 aliphatic heterocycles. The molecule has 3 N–H and O–H groups in total. The second-order valence-corrected chi connectivity index (χ2v) is 7.94. The number of rotatable bonds is 14. The van der Waals surface area contributed by atoms with Gasteiger partial charge < -0.3 is 15.8 Å². The van der Waals surface area contributed by atoms with Crippen LogP contribution in [-0.2, 0) is 0 Å². The van der Waals surface area contributed by atoms with Crippen molar-refractivity contribution < 1.29 is 4.74 Å². The SMILES string of the molecule is CCCCC(N)CCCCCNCCOc1cncc([C@@H]2CCCN2C)c1. The van der Waals surface area contributed by atoms with Gasteiger partial charge >= 0.3 is 0 Å². The van der Waals surface area contributed by atoms with Gasteiger partial charge in [0.05, 0.1) is 6.20 Å². The van der Waals surface area contributed by atoms with Gasteiger partial charge in [0.15, 0.2) is 0 Å². The standard InChI is InChI=1S/C22H40N4O/c1-3-4-9-20(23)10-6-5-7-12-24-13-15-27-21-16-19(17-25-18-21)22-11-8-14-26(22)2/h16-18,20,22,24H,3-15,23H2,1-2H3/t20?,22-/m0/s1. The van der Waals surface area contributed by atoms with Crippen LogP contribution in [0.5, 0.6) is 5.75 Å². The molecule has 154 valence electrons. The Morgan fingerprint density at radius 2 is 2.07 bits per heavy atom. The van der Waals surface area contributed by atoms with Crippen LogP contribution in [0, 0.1) is 0 Å². The topological polar surface area (TPSA) is 63.4 Å². The minimum Gasteiger partial charge on any atom is -0.491 e. The molecule has 1 unspecified atom stereocenters. The summed E-state index contributed by atoms with van der Waals surface area (Å²) >= 11 is 0. The van der Waals surface area contributed by atoms with Crippen LogP contribution in [0.15, 0.2) is 18.5 Å². The zero-order valence-corrected chi connectivity index (χ0v) is 17.5. The van der Waals surface area contributed by atoms with Gasteiger partial charge in [-0.05, 0) is 63.9 Å². The Labute approximate surface area is 166 Å². The Kier molecular flexibility index (Phi) is 10.7. The maximum atomic E-state index is 6.11. The summed E-state index contributed by atoms with van der Waals surface area (Å²) in [7, 11) is 2.19. The number of aromatic nitrogens is 1. The molecule has 0 radical (unpaired) electrons. The molecule has 0 bridgehead atoms. The minimum absolute atomic E-state index is 0.403. The van der Waals surface area contributed by atoms with Gasteiger partial charge in [0.2, 0.25) is 0 Å². The molecule has 2 heterocycles. The van der Waals surface area contributed by atoms with E-state index in [1.54, 1.807) is 0 Å². The van der Waals surface area contributed by atoms with E-state index in [1.165, 1.54) is 69.9 Å². The molecular weight excluding hydrogens is 336 g/mol. The summed E-state index contributed by atoms with van der Waals surface area (Å²) < 4.78 is 5.88. The van der Waals surface area contributed by atoms with Crippen LogP contribution in [0.25, 0.3) is 0 Å². The van der Waals surface area contributed by atoms with Crippen LogP contribution in [-0.4, -0.2) is 49.2 Å². The highest BCUT2D eigenvalue weighted by molar-refractivity contribution is 5.26. The number of nitrogens with two attached hydrogens (primary N) is 1. The highest BCUT2D eigenvalue weighted by Gasteiger charge is 2.22. The third-order valence-electron chi connectivity index (χ3n) is 5.54. The molecular formula is C22H40N4O. The van der Waals surface area contributed by atoms with E-state index < -0.39 is 0 Å². The van der Waals surface area contributed by atoms with E-state index in [0.717, 1.165) is 18.8 Å². The smallest absolute Gasteiger partial charge is 0.137 e. The van der Waals surface area contributed by atoms with Crippen molar-refractivity contribution in [1.82, 2.24) is 15.2 Å². The van der Waals surface area contributed by atoms with Crippen LogP contribution >= 0.6 is 0 Å². The number of pyridine rings is 1. The fourth-order valence-corrected chi connectivity index (χ4v) is 3.84. The monoisotopic (exact) mass is 376 g/mol. The summed E-state index contributed by atoms with van der Waals surface area (Å²) in [5.41, 5.74) is 7.39. The lowest BCUT2D eigenvalue weighted by Crippen LogP contribution is -2.22. The fraction of sp³-hybridized carbons (Fsp3) is 0.773. The molecule has 1 saturated heterocycles. The van der Waals surface area contributed by atoms with E-state index in [2.05, 4.69) is 35.2 Å². The van der Waals surface area contributed by atoms with Crippen LogP contribution in [0.2, 0.25) is 0 Å². The van der Waals surface area contributed by atoms with Crippen molar-refractivity contribution in [3.63, 3.8) is 0 Å². The minimum atomic E-state index is 0.403. The molecule has 2 atom stereocenters. The maximum Gasteiger partial charge on any atom is 0.137 e. The van der Waals surface area contributed by atoms with E-state index >= 15 is 0 Å². The second-order valence-electron chi connectivity index (χ2n) is 7.94. The van der Waals surface area contributed by atoms with Crippen molar-refractivity contribution in [2.24, 2.45) is 5.73 Å². The van der Waals surface area contributed by atoms with Crippen molar-refractivity contribution in [3.8, 4) is 5.75 Å². The molecule has 1 fully saturated rings. The maximum absolute atomic E-state index is 6.11. The van der Waals surface area contributed by atoms with Gasteiger partial charge in [-0.15, -0.1) is 0 Å². The number of hydrogen-bond donors (Lipinski definition) is 2. The Balaban J connectivity index is 1.50. The predicted molar refractivity (Wildman–Crippen MR) is 113 cm³/mol. The molecule has 1 aliphatic rings. The second kappa shape index (κ2) is 13.1. The van der Waals surface area contributed by atoms with Gasteiger partial charge in [-0.25, -0.2) is 0 Å². The van der Waals surface area contributed by atoms with E-state index in [0.29, 0.717) is 18.7 Å². The number of nitrogens with zero attached hydrogens (tertiary/aromatic N) is 2. The van der Waals surface area contributed by atoms with E-state index in [4.69, 9.17) is 10.5 Å². The van der Waals surface area contributed by atoms with Gasteiger partial charge in [0, 0.05) is 24.8 Å². The van der Waals surface area contributed by atoms with E-state index in [1.807, 2.05) is 12.4 Å². The Hall–Kier alpha value is -1.17. The summed E-state index contributed by atoms with van der Waals surface area (Å²) in [5, 5.41) is 3.47. The molecule has 1 aromatic rings. The molecule has 5 heteroatoms. The molecule has 0 aromatic carbocycles. The highest BCUT2D eigenvalue weighted by atomic mass is 16.5. The summed E-state index contributed by atoms with van der Waals surface area (Å²) in [4.78, 5) is 6.76. The quantitative estimate of drug-likeness (QED) is 0.482. The van der Waals surface area contributed by atoms with Crippen molar-refractivity contribution in [2.75, 3.05) is 33.3 Å². The first kappa shape index (κ1) is 22.1. The number of ether oxygens (including phenoxy) is 1. The predicted octanol–water partition coefficient (Wildman–Crippen LogP) is 3.89. The molecule has 1 aromatic heterocycles. The largest absolute Gasteiger partial charge is 0.491 e. The summed E-state index contributed by atoms with van der Waals surface area (Å²) in [5.74, 6) is 0.885. The average Bonchev–Trinajstić information content (AvgIpc) is 3.11. The molecule has 27 heavy (non-hydrogen) atoms. The molecule has 0 spiro atoms. The molecule has 0 saturated carbocycles. The lowest BCUT2D eigenvalue weighted by Gasteiger charge is -2.19. The van der Waals surface area contributed by atoms with Gasteiger partial charge in [0.25, 0.3) is 0 Å². The zero-order chi connectivity index (χ0) is 19.3. The van der Waals surface area contributed by atoms with Crippen molar-refractivity contribution >= 4 is 0 Å². The van der Waals surface area contributed by atoms with Crippen LogP contribution in [0.3, 0.4) is 0 Å². The summed E-state index contributed by atoms with van der Waals surface area (Å²) in [6, 6.07) is 3.05. The average molecular weight is 377 g/mol. The normalized spacial score (nSPS) is 18.7. The highest BCUT2D eigenvalue weighted by Crippen LogP contribution is 2.31. The fourth-order valence-electron chi connectivity index (χ4n) is 3.84. The first-order valence-corrected chi connectivity index (χ1v) is 10.9. The first-order valence-electron chi connectivity index (χ1n) is 10.9. The lowest BCUT2D eigenvalue weighted by molar-refractivity contribution is 0.303. The molecule has 0 aliphatic carbocycles. The molecule has 2 rings (SSSR count). The van der Waals surface area contributed by atoms with Crippen LogP contribution in [0.4, 0.5) is 0 Å². The van der Waals surface area contributed by atoms with Gasteiger partial charge in [-0.3, -0.25) is 9.88 Å². The number of likely N-dealkylation sites (tertiary alicyclic amines) is 1. The third kappa shape index (κ3) is 8.58. The Morgan fingerprint density at radius 3 is 2.85 bits per heavy atom. The summed E-state index contributed by atoms with van der Waals surface area (Å²) in [6.07, 6.45) is 14.9. The molecule has 5 nitrogen and oxygen atoms in total. The van der Waals surface area contributed by atoms with Gasteiger partial charge in [-0.2, -0.15) is 0 Å². The first-order chi connectivity index (χ1) is 13.2. The lowest BCUT2D eigenvalue weighted by atomic mass is 10.0. The van der Waals surface area contributed by atoms with Crippen LogP contribution < -0.4 is 15.8 Å². The number of nitrogens with one attached hydrogen (secondary N) is 1. The van der Waals surface area contributed by atoms with E-state index in [9.17, 15) is 0 Å². The van der Waals surface area contributed by atoms with Crippen molar-refractivity contribution in [1.29, 1.82) is 0 Å². The van der Waals surface area contributed by atoms with Gasteiger partial charge in [0.1, 0.15) is 12.4 Å². The Bertz CT molecular complexity index is 511. The molecule has 0 amide bonds. The van der Waals surface area contributed by atoms with Crippen molar-refractivity contribution in [3.05, 3.63) is 24.0 Å². The van der Waals surface area contributed by atoms with E-state index in [-0.39, 0.29) is 0 Å². The van der Waals surface area contributed by atoms with Gasteiger partial charge in [-0.1, -0.05) is 32.6 Å². The van der Waals surface area contributed by atoms with Crippen LogP contribution in [0.1, 0.15) is 76.3 Å². The number of unbranched alkanes of at least 4 members (excludes halogenated alkanes) is 3. The Morgan fingerprint density at radius 1 is 1.22 bits per heavy atom. The third-order valence-corrected chi connectivity index (χ3v) is 5.54. The zero-order valence-electron chi connectivity index (χ0n) is 17.5. The van der Waals surface area contributed by atoms with Crippen molar-refractivity contribution in [2.45, 2.75) is 76.8 Å².